The fourth-order valence-corrected chi connectivity index (χ4v) is 5.47. The minimum atomic E-state index is -1.00. The lowest BCUT2D eigenvalue weighted by atomic mass is 9.86. The van der Waals surface area contributed by atoms with Gasteiger partial charge in [-0.05, 0) is 59.6 Å². The number of amides is 4. The molecule has 0 saturated carbocycles. The van der Waals surface area contributed by atoms with Crippen molar-refractivity contribution in [2.24, 2.45) is 11.1 Å². The molecule has 0 aliphatic carbocycles. The van der Waals surface area contributed by atoms with E-state index in [-0.39, 0.29) is 23.7 Å². The Morgan fingerprint density at radius 3 is 2.29 bits per heavy atom. The molecule has 3 atom stereocenters. The number of nitrogens with one attached hydrogen (secondary N) is 1. The summed E-state index contributed by atoms with van der Waals surface area (Å²) in [5, 5.41) is 1.95. The molecule has 4 rings (SSSR count). The van der Waals surface area contributed by atoms with Crippen LogP contribution >= 0.6 is 11.6 Å². The SMILES string of the molecule is COc1cccc(N(C(N)=O)C2CC(c3ccccc3)CC(c3ccc(Cl)cc3)N(NC(=O)CC(C)(C)C)C2=O)c1. The van der Waals surface area contributed by atoms with Gasteiger partial charge in [0, 0.05) is 17.5 Å². The van der Waals surface area contributed by atoms with Crippen LogP contribution in [-0.4, -0.2) is 36.0 Å². The van der Waals surface area contributed by atoms with Gasteiger partial charge >= 0.3 is 6.03 Å². The van der Waals surface area contributed by atoms with Crippen LogP contribution in [0.2, 0.25) is 5.02 Å². The Morgan fingerprint density at radius 1 is 1.00 bits per heavy atom. The van der Waals surface area contributed by atoms with E-state index in [1.165, 1.54) is 17.0 Å². The summed E-state index contributed by atoms with van der Waals surface area (Å²) in [7, 11) is 1.53. The number of hydrazine groups is 1. The second kappa shape index (κ2) is 12.6. The Kier molecular flexibility index (Phi) is 9.23. The van der Waals surface area contributed by atoms with E-state index in [1.54, 1.807) is 36.4 Å². The molecule has 3 N–H and O–H groups in total. The number of hydrogen-bond acceptors (Lipinski definition) is 4. The zero-order valence-corrected chi connectivity index (χ0v) is 24.6. The standard InChI is InChI=1S/C32H37ClN4O4/c1-32(2,3)20-29(38)35-37-27(22-13-15-24(33)16-14-22)17-23(21-9-6-5-7-10-21)18-28(30(37)39)36(31(34)40)25-11-8-12-26(19-25)41-4/h5-16,19,23,27-28H,17-18,20H2,1-4H3,(H2,34,40)(H,35,38). The summed E-state index contributed by atoms with van der Waals surface area (Å²) in [6, 6.07) is 21.7. The first kappa shape index (κ1) is 29.9. The van der Waals surface area contributed by atoms with Gasteiger partial charge in [-0.15, -0.1) is 0 Å². The maximum absolute atomic E-state index is 14.6. The van der Waals surface area contributed by atoms with Crippen LogP contribution in [0.3, 0.4) is 0 Å². The summed E-state index contributed by atoms with van der Waals surface area (Å²) in [4.78, 5) is 42.2. The number of carbonyl (C=O) groups is 3. The molecule has 1 aliphatic rings. The largest absolute Gasteiger partial charge is 0.497 e. The van der Waals surface area contributed by atoms with Crippen molar-refractivity contribution < 1.29 is 19.1 Å². The molecule has 9 heteroatoms. The van der Waals surface area contributed by atoms with Crippen LogP contribution in [0.1, 0.15) is 63.1 Å². The lowest BCUT2D eigenvalue weighted by molar-refractivity contribution is -0.145. The first-order valence-corrected chi connectivity index (χ1v) is 14.0. The van der Waals surface area contributed by atoms with E-state index < -0.39 is 24.0 Å². The Hall–Kier alpha value is -4.04. The molecule has 1 fully saturated rings. The van der Waals surface area contributed by atoms with Crippen LogP contribution in [0, 0.1) is 5.41 Å². The van der Waals surface area contributed by atoms with Crippen molar-refractivity contribution in [3.05, 3.63) is 95.0 Å². The Labute approximate surface area is 246 Å². The van der Waals surface area contributed by atoms with Crippen molar-refractivity contribution in [1.29, 1.82) is 0 Å². The summed E-state index contributed by atoms with van der Waals surface area (Å²) in [5.74, 6) is -0.368. The van der Waals surface area contributed by atoms with Crippen molar-refractivity contribution in [3.63, 3.8) is 0 Å². The molecule has 0 spiro atoms. The predicted molar refractivity (Wildman–Crippen MR) is 161 cm³/mol. The zero-order chi connectivity index (χ0) is 29.7. The third kappa shape index (κ3) is 7.38. The highest BCUT2D eigenvalue weighted by atomic mass is 35.5. The Bertz CT molecular complexity index is 1370. The fourth-order valence-electron chi connectivity index (χ4n) is 5.35. The van der Waals surface area contributed by atoms with Gasteiger partial charge in [0.25, 0.3) is 5.91 Å². The highest BCUT2D eigenvalue weighted by Crippen LogP contribution is 2.41. The second-order valence-electron chi connectivity index (χ2n) is 11.6. The number of ether oxygens (including phenoxy) is 1. The molecule has 3 aromatic rings. The maximum Gasteiger partial charge on any atom is 0.320 e. The van der Waals surface area contributed by atoms with Gasteiger partial charge in [-0.1, -0.05) is 80.9 Å². The zero-order valence-electron chi connectivity index (χ0n) is 23.8. The number of nitrogens with two attached hydrogens (primary N) is 1. The van der Waals surface area contributed by atoms with Gasteiger partial charge in [-0.25, -0.2) is 9.80 Å². The topological polar surface area (TPSA) is 105 Å². The van der Waals surface area contributed by atoms with Crippen LogP contribution in [0.25, 0.3) is 0 Å². The molecule has 41 heavy (non-hydrogen) atoms. The van der Waals surface area contributed by atoms with E-state index in [1.807, 2.05) is 63.2 Å². The number of methoxy groups -OCH3 is 1. The molecule has 0 radical (unpaired) electrons. The number of primary amides is 1. The summed E-state index contributed by atoms with van der Waals surface area (Å²) in [5.41, 5.74) is 10.8. The first-order valence-electron chi connectivity index (χ1n) is 13.6. The molecule has 4 amide bonds. The monoisotopic (exact) mass is 576 g/mol. The minimum absolute atomic E-state index is 0.150. The quantitative estimate of drug-likeness (QED) is 0.348. The van der Waals surface area contributed by atoms with Gasteiger partial charge in [0.15, 0.2) is 0 Å². The van der Waals surface area contributed by atoms with E-state index in [4.69, 9.17) is 22.1 Å². The number of nitrogens with zero attached hydrogens (tertiary/aromatic N) is 2. The smallest absolute Gasteiger partial charge is 0.320 e. The average molecular weight is 577 g/mol. The van der Waals surface area contributed by atoms with Crippen molar-refractivity contribution in [2.45, 2.75) is 58.0 Å². The highest BCUT2D eigenvalue weighted by molar-refractivity contribution is 6.30. The fraction of sp³-hybridized carbons (Fsp3) is 0.344. The molecule has 1 aliphatic heterocycles. The summed E-state index contributed by atoms with van der Waals surface area (Å²) < 4.78 is 5.38. The van der Waals surface area contributed by atoms with Crippen molar-refractivity contribution in [3.8, 4) is 5.75 Å². The van der Waals surface area contributed by atoms with Gasteiger partial charge in [0.2, 0.25) is 5.91 Å². The van der Waals surface area contributed by atoms with Gasteiger partial charge in [0.05, 0.1) is 18.8 Å². The summed E-state index contributed by atoms with van der Waals surface area (Å²) in [6.07, 6.45) is 0.986. The number of benzene rings is 3. The molecule has 1 heterocycles. The molecular formula is C32H37ClN4O4. The van der Waals surface area contributed by atoms with Crippen LogP contribution in [0.15, 0.2) is 78.9 Å². The Morgan fingerprint density at radius 2 is 1.68 bits per heavy atom. The van der Waals surface area contributed by atoms with E-state index in [9.17, 15) is 14.4 Å². The van der Waals surface area contributed by atoms with Crippen LogP contribution < -0.4 is 20.8 Å². The minimum Gasteiger partial charge on any atom is -0.497 e. The summed E-state index contributed by atoms with van der Waals surface area (Å²) in [6.45, 7) is 5.87. The Balaban J connectivity index is 1.86. The number of rotatable bonds is 7. The molecule has 0 aromatic heterocycles. The van der Waals surface area contributed by atoms with Gasteiger partial charge in [0.1, 0.15) is 11.8 Å². The molecule has 8 nitrogen and oxygen atoms in total. The third-order valence-electron chi connectivity index (χ3n) is 7.19. The third-order valence-corrected chi connectivity index (χ3v) is 7.44. The second-order valence-corrected chi connectivity index (χ2v) is 12.0. The van der Waals surface area contributed by atoms with Crippen molar-refractivity contribution >= 4 is 35.1 Å². The molecule has 1 saturated heterocycles. The normalized spacial score (nSPS) is 19.3. The van der Waals surface area contributed by atoms with Gasteiger partial charge < -0.3 is 10.5 Å². The van der Waals surface area contributed by atoms with Crippen molar-refractivity contribution in [1.82, 2.24) is 10.4 Å². The molecule has 216 valence electrons. The average Bonchev–Trinajstić information content (AvgIpc) is 3.06. The molecular weight excluding hydrogens is 540 g/mol. The highest BCUT2D eigenvalue weighted by Gasteiger charge is 2.43. The van der Waals surface area contributed by atoms with Crippen LogP contribution in [-0.2, 0) is 9.59 Å². The first-order chi connectivity index (χ1) is 19.5. The van der Waals surface area contributed by atoms with E-state index in [2.05, 4.69) is 5.43 Å². The predicted octanol–water partition coefficient (Wildman–Crippen LogP) is 6.22. The molecule has 3 aromatic carbocycles. The van der Waals surface area contributed by atoms with E-state index in [0.29, 0.717) is 29.3 Å². The van der Waals surface area contributed by atoms with Crippen molar-refractivity contribution in [2.75, 3.05) is 12.0 Å². The maximum atomic E-state index is 14.6. The van der Waals surface area contributed by atoms with Gasteiger partial charge in [-0.3, -0.25) is 19.9 Å². The number of anilines is 1. The lowest BCUT2D eigenvalue weighted by Gasteiger charge is -2.35. The molecule has 0 bridgehead atoms. The number of hydrogen-bond donors (Lipinski definition) is 2. The number of carbonyl (C=O) groups excluding carboxylic acids is 3. The lowest BCUT2D eigenvalue weighted by Crippen LogP contribution is -2.57. The van der Waals surface area contributed by atoms with Crippen LogP contribution in [0.4, 0.5) is 10.5 Å². The number of urea groups is 1. The van der Waals surface area contributed by atoms with E-state index >= 15 is 0 Å². The van der Waals surface area contributed by atoms with Crippen LogP contribution in [0.5, 0.6) is 5.75 Å². The van der Waals surface area contributed by atoms with Gasteiger partial charge in [-0.2, -0.15) is 0 Å². The molecule has 3 unspecified atom stereocenters. The van der Waals surface area contributed by atoms with E-state index in [0.717, 1.165) is 11.1 Å². The number of halogens is 1. The summed E-state index contributed by atoms with van der Waals surface area (Å²) >= 11 is 6.20.